The van der Waals surface area contributed by atoms with Gasteiger partial charge in [-0.25, -0.2) is 4.79 Å². The van der Waals surface area contributed by atoms with Crippen molar-refractivity contribution in [2.75, 3.05) is 6.61 Å². The van der Waals surface area contributed by atoms with Crippen molar-refractivity contribution in [1.82, 2.24) is 0 Å². The maximum atomic E-state index is 10.5. The van der Waals surface area contributed by atoms with Gasteiger partial charge in [-0.2, -0.15) is 0 Å². The number of cyclic esters (lactones) is 1. The van der Waals surface area contributed by atoms with Gasteiger partial charge >= 0.3 is 14.2 Å². The van der Waals surface area contributed by atoms with E-state index < -0.39 is 44.6 Å². The molecule has 9 nitrogen and oxygen atoms in total. The Balaban J connectivity index is 0. The fourth-order valence-electron chi connectivity index (χ4n) is 0.823. The first-order chi connectivity index (χ1) is 7.31. The van der Waals surface area contributed by atoms with Crippen LogP contribution >= 0.6 is 8.25 Å². The normalized spacial score (nSPS) is 20.3. The van der Waals surface area contributed by atoms with Gasteiger partial charge < -0.3 is 34.9 Å². The molecule has 0 aromatic carbocycles. The van der Waals surface area contributed by atoms with Crippen LogP contribution in [0.15, 0.2) is 11.5 Å². The number of esters is 1. The Hall–Kier alpha value is -0.497. The number of carbonyl (C=O) groups is 1. The molecule has 0 amide bonds. The summed E-state index contributed by atoms with van der Waals surface area (Å²) in [6.07, 6.45) is -2.78. The van der Waals surface area contributed by atoms with E-state index in [0.717, 1.165) is 0 Å². The molecule has 0 aromatic rings. The molecule has 96 valence electrons. The Kier molecular flexibility index (Phi) is 9.51. The Bertz CT molecular complexity index is 313. The molecule has 1 heterocycles. The summed E-state index contributed by atoms with van der Waals surface area (Å²) in [5, 5.41) is 35.0. The zero-order chi connectivity index (χ0) is 12.9. The molecule has 11 heteroatoms. The van der Waals surface area contributed by atoms with Crippen molar-refractivity contribution in [2.24, 2.45) is 0 Å². The number of aliphatic hydroxyl groups excluding tert-OH is 4. The zero-order valence-electron chi connectivity index (χ0n) is 8.48. The van der Waals surface area contributed by atoms with Crippen LogP contribution in [0.5, 0.6) is 0 Å². The monoisotopic (exact) mass is 322 g/mol. The van der Waals surface area contributed by atoms with Gasteiger partial charge in [-0.1, -0.05) is 0 Å². The minimum Gasteiger partial charge on any atom is -0.505 e. The van der Waals surface area contributed by atoms with Crippen molar-refractivity contribution < 1.29 is 63.8 Å². The van der Waals surface area contributed by atoms with E-state index >= 15 is 0 Å². The van der Waals surface area contributed by atoms with Crippen molar-refractivity contribution in [3.8, 4) is 0 Å². The maximum Gasteiger partial charge on any atom is 0.377 e. The van der Waals surface area contributed by atoms with Crippen molar-refractivity contribution in [2.45, 2.75) is 12.2 Å². The van der Waals surface area contributed by atoms with E-state index in [1.807, 2.05) is 0 Å². The van der Waals surface area contributed by atoms with E-state index in [1.54, 1.807) is 0 Å². The molecule has 0 saturated carbocycles. The molecule has 1 aliphatic rings. The van der Waals surface area contributed by atoms with Gasteiger partial charge in [0.25, 0.3) is 0 Å². The molecule has 1 rings (SSSR count). The predicted octanol–water partition coefficient (Wildman–Crippen LogP) is -2.05. The Morgan fingerprint density at radius 2 is 1.76 bits per heavy atom. The molecule has 1 aliphatic heterocycles. The van der Waals surface area contributed by atoms with Crippen LogP contribution in [-0.2, 0) is 33.6 Å². The molecular weight excluding hydrogens is 312 g/mol. The minimum atomic E-state index is -3.13. The number of aliphatic hydroxyl groups is 4. The SMILES string of the molecule is O=C1O[C@H]([C@@H](O)CO)C(O)=C1O.O=[PH](O)O.[Zn]. The van der Waals surface area contributed by atoms with Crippen molar-refractivity contribution in [1.29, 1.82) is 0 Å². The van der Waals surface area contributed by atoms with Crippen LogP contribution in [0.4, 0.5) is 0 Å². The Morgan fingerprint density at radius 1 is 1.35 bits per heavy atom. The van der Waals surface area contributed by atoms with Crippen molar-refractivity contribution >= 4 is 14.2 Å². The van der Waals surface area contributed by atoms with Crippen LogP contribution in [0.1, 0.15) is 0 Å². The van der Waals surface area contributed by atoms with Gasteiger partial charge in [-0.15, -0.1) is 0 Å². The molecule has 0 aliphatic carbocycles. The quantitative estimate of drug-likeness (QED) is 0.190. The fourth-order valence-corrected chi connectivity index (χ4v) is 0.823. The van der Waals surface area contributed by atoms with E-state index in [9.17, 15) is 4.79 Å². The van der Waals surface area contributed by atoms with E-state index in [1.165, 1.54) is 0 Å². The average Bonchev–Trinajstić information content (AvgIpc) is 2.44. The topological polar surface area (TPSA) is 165 Å². The number of rotatable bonds is 2. The van der Waals surface area contributed by atoms with E-state index in [0.29, 0.717) is 0 Å². The van der Waals surface area contributed by atoms with Gasteiger partial charge in [-0.05, 0) is 0 Å². The molecule has 0 bridgehead atoms. The minimum absolute atomic E-state index is 0. The number of hydrogen-bond acceptors (Lipinski definition) is 7. The van der Waals surface area contributed by atoms with Gasteiger partial charge in [-0.3, -0.25) is 4.57 Å². The molecule has 0 fully saturated rings. The summed E-state index contributed by atoms with van der Waals surface area (Å²) in [5.41, 5.74) is 0. The number of carbonyl (C=O) groups excluding carboxylic acids is 1. The van der Waals surface area contributed by atoms with Gasteiger partial charge in [0, 0.05) is 19.5 Å². The molecule has 0 unspecified atom stereocenters. The van der Waals surface area contributed by atoms with Crippen molar-refractivity contribution in [3.63, 3.8) is 0 Å². The second kappa shape index (κ2) is 8.57. The van der Waals surface area contributed by atoms with Gasteiger partial charge in [0.15, 0.2) is 11.9 Å². The number of ether oxygens (including phenoxy) is 1. The fraction of sp³-hybridized carbons (Fsp3) is 0.500. The second-order valence-corrected chi connectivity index (χ2v) is 3.16. The molecule has 6 N–H and O–H groups in total. The largest absolute Gasteiger partial charge is 0.505 e. The van der Waals surface area contributed by atoms with Gasteiger partial charge in [0.05, 0.1) is 6.61 Å². The first-order valence-corrected chi connectivity index (χ1v) is 5.15. The van der Waals surface area contributed by atoms with Crippen LogP contribution in [0, 0.1) is 0 Å². The standard InChI is InChI=1S/C6H8O6.H3O3P.Zn/c7-1-2(8)5-3(9)4(10)6(11)12-5;1-4(2)3;/h2,5,7-10H,1H2;4H,(H2,1,2,3);/t2-,5+;;/m0../s1. The van der Waals surface area contributed by atoms with Crippen LogP contribution < -0.4 is 0 Å². The molecule has 0 spiro atoms. The third-order valence-electron chi connectivity index (χ3n) is 1.48. The summed E-state index contributed by atoms with van der Waals surface area (Å²) in [7, 11) is -3.13. The molecule has 17 heavy (non-hydrogen) atoms. The van der Waals surface area contributed by atoms with Crippen LogP contribution in [0.2, 0.25) is 0 Å². The summed E-state index contributed by atoms with van der Waals surface area (Å²) in [5.74, 6) is -2.78. The number of hydrogen-bond donors (Lipinski definition) is 6. The first kappa shape index (κ1) is 18.9. The molecular formula is C6H11O9PZn. The van der Waals surface area contributed by atoms with Gasteiger partial charge in [0.2, 0.25) is 5.76 Å². The van der Waals surface area contributed by atoms with Crippen molar-refractivity contribution in [3.05, 3.63) is 11.5 Å². The average molecular weight is 324 g/mol. The summed E-state index contributed by atoms with van der Waals surface area (Å²) < 4.78 is 13.1. The van der Waals surface area contributed by atoms with E-state index in [4.69, 9.17) is 34.8 Å². The third kappa shape index (κ3) is 6.11. The Labute approximate surface area is 109 Å². The smallest absolute Gasteiger partial charge is 0.377 e. The molecule has 0 saturated heterocycles. The van der Waals surface area contributed by atoms with Crippen LogP contribution in [0.25, 0.3) is 0 Å². The summed E-state index contributed by atoms with van der Waals surface area (Å²) in [6.45, 7) is -0.671. The molecule has 0 aromatic heterocycles. The summed E-state index contributed by atoms with van der Waals surface area (Å²) in [4.78, 5) is 24.8. The molecule has 0 radical (unpaired) electrons. The van der Waals surface area contributed by atoms with E-state index in [-0.39, 0.29) is 19.5 Å². The maximum absolute atomic E-state index is 10.5. The first-order valence-electron chi connectivity index (χ1n) is 3.85. The second-order valence-electron chi connectivity index (χ2n) is 2.59. The van der Waals surface area contributed by atoms with Crippen LogP contribution in [-0.4, -0.2) is 55.0 Å². The summed E-state index contributed by atoms with van der Waals surface area (Å²) in [6, 6.07) is 0. The third-order valence-corrected chi connectivity index (χ3v) is 1.48. The van der Waals surface area contributed by atoms with E-state index in [2.05, 4.69) is 4.74 Å². The van der Waals surface area contributed by atoms with Gasteiger partial charge in [0.1, 0.15) is 6.10 Å². The summed E-state index contributed by atoms with van der Waals surface area (Å²) >= 11 is 0. The zero-order valence-corrected chi connectivity index (χ0v) is 12.4. The van der Waals surface area contributed by atoms with Crippen LogP contribution in [0.3, 0.4) is 0 Å². The Morgan fingerprint density at radius 3 is 2.00 bits per heavy atom. The predicted molar refractivity (Wildman–Crippen MR) is 48.7 cm³/mol. The molecule has 2 atom stereocenters.